The number of nitriles is 1. The molecule has 0 aliphatic heterocycles. The average Bonchev–Trinajstić information content (AvgIpc) is 2.75. The van der Waals surface area contributed by atoms with E-state index in [1.54, 1.807) is 25.3 Å². The molecule has 1 N–H and O–H groups in total. The monoisotopic (exact) mass is 400 g/mol. The van der Waals surface area contributed by atoms with Crippen molar-refractivity contribution in [3.63, 3.8) is 0 Å². The van der Waals surface area contributed by atoms with E-state index in [0.29, 0.717) is 23.7 Å². The predicted octanol–water partition coefficient (Wildman–Crippen LogP) is 4.86. The highest BCUT2D eigenvalue weighted by Crippen LogP contribution is 2.30. The molecule has 3 rings (SSSR count). The molecule has 5 heteroatoms. The van der Waals surface area contributed by atoms with Gasteiger partial charge in [0, 0.05) is 6.04 Å². The van der Waals surface area contributed by atoms with E-state index in [1.807, 2.05) is 44.2 Å². The molecule has 1 amide bonds. The van der Waals surface area contributed by atoms with Crippen LogP contribution in [0.1, 0.15) is 25.0 Å². The SMILES string of the molecule is COc1cc(/C=C(/C#N)C(=O)NC(C)C)ccc1OCc1cccc2ccccc12. The lowest BCUT2D eigenvalue weighted by atomic mass is 10.1. The molecule has 0 aliphatic rings. The van der Waals surface area contributed by atoms with Gasteiger partial charge >= 0.3 is 0 Å². The zero-order valence-electron chi connectivity index (χ0n) is 17.3. The van der Waals surface area contributed by atoms with Gasteiger partial charge in [0.1, 0.15) is 18.2 Å². The summed E-state index contributed by atoms with van der Waals surface area (Å²) in [6, 6.07) is 21.5. The van der Waals surface area contributed by atoms with E-state index in [4.69, 9.17) is 9.47 Å². The second kappa shape index (κ2) is 9.62. The number of ether oxygens (including phenoxy) is 2. The number of carbonyl (C=O) groups is 1. The van der Waals surface area contributed by atoms with Gasteiger partial charge in [-0.25, -0.2) is 0 Å². The number of fused-ring (bicyclic) bond motifs is 1. The molecule has 0 radical (unpaired) electrons. The average molecular weight is 400 g/mol. The van der Waals surface area contributed by atoms with Gasteiger partial charge in [0.05, 0.1) is 7.11 Å². The summed E-state index contributed by atoms with van der Waals surface area (Å²) in [6.07, 6.45) is 1.54. The van der Waals surface area contributed by atoms with Crippen LogP contribution >= 0.6 is 0 Å². The molecule has 0 bridgehead atoms. The minimum atomic E-state index is -0.400. The standard InChI is InChI=1S/C25H24N2O3/c1-17(2)27-25(28)21(15-26)13-18-11-12-23(24(14-18)29-3)30-16-20-9-6-8-19-7-4-5-10-22(19)20/h4-14,17H,16H2,1-3H3,(H,27,28)/b21-13-. The predicted molar refractivity (Wildman–Crippen MR) is 118 cm³/mol. The first kappa shape index (κ1) is 20.9. The van der Waals surface area contributed by atoms with Crippen LogP contribution in [0.3, 0.4) is 0 Å². The normalized spacial score (nSPS) is 11.2. The third-order valence-corrected chi connectivity index (χ3v) is 4.55. The Bertz CT molecular complexity index is 1120. The highest BCUT2D eigenvalue weighted by atomic mass is 16.5. The molecule has 0 saturated heterocycles. The molecule has 3 aromatic rings. The first-order valence-corrected chi connectivity index (χ1v) is 9.72. The van der Waals surface area contributed by atoms with E-state index in [1.165, 1.54) is 6.08 Å². The zero-order valence-corrected chi connectivity index (χ0v) is 17.3. The van der Waals surface area contributed by atoms with Crippen molar-refractivity contribution in [1.29, 1.82) is 5.26 Å². The lowest BCUT2D eigenvalue weighted by Gasteiger charge is -2.13. The van der Waals surface area contributed by atoms with Crippen LogP contribution in [-0.4, -0.2) is 19.1 Å². The number of carbonyl (C=O) groups excluding carboxylic acids is 1. The van der Waals surface area contributed by atoms with Gasteiger partial charge in [-0.15, -0.1) is 0 Å². The van der Waals surface area contributed by atoms with Crippen LogP contribution in [0.4, 0.5) is 0 Å². The van der Waals surface area contributed by atoms with E-state index in [-0.39, 0.29) is 11.6 Å². The summed E-state index contributed by atoms with van der Waals surface area (Å²) in [5, 5.41) is 14.3. The van der Waals surface area contributed by atoms with Crippen molar-refractivity contribution in [3.8, 4) is 17.6 Å². The molecule has 0 unspecified atom stereocenters. The summed E-state index contributed by atoms with van der Waals surface area (Å²) in [7, 11) is 1.56. The number of nitrogens with one attached hydrogen (secondary N) is 1. The molecule has 0 saturated carbocycles. The Morgan fingerprint density at radius 1 is 1.10 bits per heavy atom. The number of amides is 1. The molecular weight excluding hydrogens is 376 g/mol. The van der Waals surface area contributed by atoms with Gasteiger partial charge in [-0.2, -0.15) is 5.26 Å². The Morgan fingerprint density at radius 2 is 1.87 bits per heavy atom. The molecule has 0 fully saturated rings. The van der Waals surface area contributed by atoms with Gasteiger partial charge in [0.2, 0.25) is 0 Å². The lowest BCUT2D eigenvalue weighted by Crippen LogP contribution is -2.30. The summed E-state index contributed by atoms with van der Waals surface area (Å²) < 4.78 is 11.5. The third kappa shape index (κ3) is 4.98. The van der Waals surface area contributed by atoms with E-state index in [9.17, 15) is 10.1 Å². The van der Waals surface area contributed by atoms with Crippen molar-refractivity contribution in [2.24, 2.45) is 0 Å². The van der Waals surface area contributed by atoms with Gasteiger partial charge in [-0.1, -0.05) is 48.5 Å². The van der Waals surface area contributed by atoms with Crippen LogP contribution in [0.2, 0.25) is 0 Å². The Balaban J connectivity index is 1.81. The highest BCUT2D eigenvalue weighted by molar-refractivity contribution is 6.01. The van der Waals surface area contributed by atoms with Crippen LogP contribution in [0.15, 0.2) is 66.2 Å². The molecule has 30 heavy (non-hydrogen) atoms. The zero-order chi connectivity index (χ0) is 21.5. The maximum Gasteiger partial charge on any atom is 0.262 e. The number of methoxy groups -OCH3 is 1. The number of nitrogens with zero attached hydrogens (tertiary/aromatic N) is 1. The van der Waals surface area contributed by atoms with E-state index < -0.39 is 5.91 Å². The topological polar surface area (TPSA) is 71.3 Å². The van der Waals surface area contributed by atoms with Gasteiger partial charge in [0.15, 0.2) is 11.5 Å². The fraction of sp³-hybridized carbons (Fsp3) is 0.200. The first-order chi connectivity index (χ1) is 14.5. The Morgan fingerprint density at radius 3 is 2.60 bits per heavy atom. The fourth-order valence-corrected chi connectivity index (χ4v) is 3.12. The van der Waals surface area contributed by atoms with Crippen LogP contribution in [0.25, 0.3) is 16.8 Å². The number of hydrogen-bond acceptors (Lipinski definition) is 4. The van der Waals surface area contributed by atoms with Crippen molar-refractivity contribution in [3.05, 3.63) is 77.4 Å². The van der Waals surface area contributed by atoms with Gasteiger partial charge in [-0.05, 0) is 54.0 Å². The van der Waals surface area contributed by atoms with Crippen LogP contribution in [-0.2, 0) is 11.4 Å². The van der Waals surface area contributed by atoms with Crippen LogP contribution in [0.5, 0.6) is 11.5 Å². The Labute approximate surface area is 176 Å². The molecule has 152 valence electrons. The number of benzene rings is 3. The minimum Gasteiger partial charge on any atom is -0.493 e. The number of rotatable bonds is 7. The maximum atomic E-state index is 12.1. The minimum absolute atomic E-state index is 0.0372. The van der Waals surface area contributed by atoms with Gasteiger partial charge < -0.3 is 14.8 Å². The van der Waals surface area contributed by atoms with Crippen molar-refractivity contribution in [2.75, 3.05) is 7.11 Å². The van der Waals surface area contributed by atoms with Gasteiger partial charge in [0.25, 0.3) is 5.91 Å². The lowest BCUT2D eigenvalue weighted by molar-refractivity contribution is -0.117. The number of hydrogen-bond donors (Lipinski definition) is 1. The van der Waals surface area contributed by atoms with E-state index >= 15 is 0 Å². The summed E-state index contributed by atoms with van der Waals surface area (Å²) in [6.45, 7) is 4.09. The Hall–Kier alpha value is -3.78. The molecule has 0 spiro atoms. The van der Waals surface area contributed by atoms with Crippen molar-refractivity contribution >= 4 is 22.8 Å². The quantitative estimate of drug-likeness (QED) is 0.454. The van der Waals surface area contributed by atoms with E-state index in [0.717, 1.165) is 16.3 Å². The van der Waals surface area contributed by atoms with Crippen molar-refractivity contribution < 1.29 is 14.3 Å². The first-order valence-electron chi connectivity index (χ1n) is 9.72. The molecule has 0 aliphatic carbocycles. The van der Waals surface area contributed by atoms with Crippen molar-refractivity contribution in [2.45, 2.75) is 26.5 Å². The summed E-state index contributed by atoms with van der Waals surface area (Å²) in [4.78, 5) is 12.1. The molecule has 0 atom stereocenters. The molecule has 3 aromatic carbocycles. The van der Waals surface area contributed by atoms with Crippen LogP contribution in [0, 0.1) is 11.3 Å². The summed E-state index contributed by atoms with van der Waals surface area (Å²) in [5.74, 6) is 0.723. The second-order valence-corrected chi connectivity index (χ2v) is 7.14. The van der Waals surface area contributed by atoms with Crippen molar-refractivity contribution in [1.82, 2.24) is 5.32 Å². The highest BCUT2D eigenvalue weighted by Gasteiger charge is 2.12. The van der Waals surface area contributed by atoms with Gasteiger partial charge in [-0.3, -0.25) is 4.79 Å². The van der Waals surface area contributed by atoms with Crippen LogP contribution < -0.4 is 14.8 Å². The molecule has 0 heterocycles. The summed E-state index contributed by atoms with van der Waals surface area (Å²) in [5.41, 5.74) is 1.80. The largest absolute Gasteiger partial charge is 0.493 e. The molecule has 5 nitrogen and oxygen atoms in total. The molecular formula is C25H24N2O3. The fourth-order valence-electron chi connectivity index (χ4n) is 3.12. The summed E-state index contributed by atoms with van der Waals surface area (Å²) >= 11 is 0. The van der Waals surface area contributed by atoms with E-state index in [2.05, 4.69) is 23.5 Å². The second-order valence-electron chi connectivity index (χ2n) is 7.14. The maximum absolute atomic E-state index is 12.1. The Kier molecular flexibility index (Phi) is 6.71. The smallest absolute Gasteiger partial charge is 0.262 e. The third-order valence-electron chi connectivity index (χ3n) is 4.55. The molecule has 0 aromatic heterocycles.